The molecule has 0 saturated heterocycles. The van der Waals surface area contributed by atoms with E-state index in [0.717, 1.165) is 44.1 Å². The molecule has 4 nitrogen and oxygen atoms in total. The lowest BCUT2D eigenvalue weighted by Gasteiger charge is -2.12. The van der Waals surface area contributed by atoms with Crippen molar-refractivity contribution in [1.82, 2.24) is 19.5 Å². The number of para-hydroxylation sites is 2. The zero-order chi connectivity index (χ0) is 38.2. The van der Waals surface area contributed by atoms with E-state index in [1.165, 1.54) is 52.8 Å². The van der Waals surface area contributed by atoms with E-state index in [9.17, 15) is 0 Å². The van der Waals surface area contributed by atoms with Gasteiger partial charge in [-0.15, -0.1) is 11.3 Å². The van der Waals surface area contributed by atoms with Crippen LogP contribution >= 0.6 is 11.3 Å². The Kier molecular flexibility index (Phi) is 7.37. The molecule has 0 bridgehead atoms. The van der Waals surface area contributed by atoms with Crippen molar-refractivity contribution in [2.75, 3.05) is 0 Å². The van der Waals surface area contributed by atoms with Gasteiger partial charge in [0.15, 0.2) is 11.6 Å². The van der Waals surface area contributed by atoms with Crippen LogP contribution < -0.4 is 0 Å². The molecule has 12 rings (SSSR count). The summed E-state index contributed by atoms with van der Waals surface area (Å²) in [6.07, 6.45) is 0. The van der Waals surface area contributed by atoms with Crippen LogP contribution in [-0.4, -0.2) is 19.5 Å². The van der Waals surface area contributed by atoms with Gasteiger partial charge >= 0.3 is 0 Å². The van der Waals surface area contributed by atoms with Gasteiger partial charge in [0.05, 0.1) is 11.0 Å². The van der Waals surface area contributed by atoms with Crippen LogP contribution in [0.3, 0.4) is 0 Å². The second-order valence-corrected chi connectivity index (χ2v) is 15.9. The summed E-state index contributed by atoms with van der Waals surface area (Å²) in [5.41, 5.74) is 8.64. The quantitative estimate of drug-likeness (QED) is 0.176. The van der Waals surface area contributed by atoms with Gasteiger partial charge in [0.25, 0.3) is 0 Å². The van der Waals surface area contributed by atoms with E-state index in [1.807, 2.05) is 11.3 Å². The van der Waals surface area contributed by atoms with Crippen LogP contribution in [0.25, 0.3) is 115 Å². The maximum Gasteiger partial charge on any atom is 0.238 e. The Bertz CT molecular complexity index is 3530. The smallest absolute Gasteiger partial charge is 0.238 e. The summed E-state index contributed by atoms with van der Waals surface area (Å²) < 4.78 is 4.64. The number of benzene rings is 9. The van der Waals surface area contributed by atoms with Crippen LogP contribution in [0.5, 0.6) is 0 Å². The molecule has 9 aromatic carbocycles. The van der Waals surface area contributed by atoms with Gasteiger partial charge in [-0.2, -0.15) is 9.97 Å². The minimum absolute atomic E-state index is 0.588. The highest BCUT2D eigenvalue weighted by Crippen LogP contribution is 2.42. The van der Waals surface area contributed by atoms with Crippen LogP contribution in [0, 0.1) is 0 Å². The van der Waals surface area contributed by atoms with Crippen LogP contribution in [0.4, 0.5) is 0 Å². The number of hydrogen-bond donors (Lipinski definition) is 0. The van der Waals surface area contributed by atoms with Crippen molar-refractivity contribution < 1.29 is 0 Å². The molecule has 0 radical (unpaired) electrons. The van der Waals surface area contributed by atoms with Crippen molar-refractivity contribution in [3.63, 3.8) is 0 Å². The van der Waals surface area contributed by atoms with E-state index in [1.54, 1.807) is 0 Å². The van der Waals surface area contributed by atoms with Crippen LogP contribution in [0.15, 0.2) is 194 Å². The van der Waals surface area contributed by atoms with E-state index in [4.69, 9.17) is 15.0 Å². The molecule has 58 heavy (non-hydrogen) atoms. The van der Waals surface area contributed by atoms with Gasteiger partial charge in [-0.3, -0.25) is 4.57 Å². The number of nitrogens with zero attached hydrogens (tertiary/aromatic N) is 4. The third-order valence-corrected chi connectivity index (χ3v) is 12.5. The Balaban J connectivity index is 1.04. The topological polar surface area (TPSA) is 43.6 Å². The Hall–Kier alpha value is -7.47. The zero-order valence-corrected chi connectivity index (χ0v) is 32.0. The van der Waals surface area contributed by atoms with Gasteiger partial charge in [-0.1, -0.05) is 152 Å². The number of fused-ring (bicyclic) bond motifs is 8. The van der Waals surface area contributed by atoms with Gasteiger partial charge in [-0.05, 0) is 86.3 Å². The van der Waals surface area contributed by atoms with Crippen molar-refractivity contribution in [3.05, 3.63) is 194 Å². The summed E-state index contributed by atoms with van der Waals surface area (Å²) in [6.45, 7) is 0. The molecule has 0 N–H and O–H groups in total. The minimum atomic E-state index is 0.588. The molecule has 5 heteroatoms. The molecule has 0 saturated carbocycles. The maximum atomic E-state index is 5.35. The minimum Gasteiger partial charge on any atom is -0.278 e. The van der Waals surface area contributed by atoms with Crippen molar-refractivity contribution in [2.45, 2.75) is 0 Å². The molecule has 3 heterocycles. The third-order valence-electron chi connectivity index (χ3n) is 11.4. The summed E-state index contributed by atoms with van der Waals surface area (Å²) in [4.78, 5) is 16.0. The van der Waals surface area contributed by atoms with Gasteiger partial charge in [0.2, 0.25) is 5.95 Å². The fraction of sp³-hybridized carbons (Fsp3) is 0. The van der Waals surface area contributed by atoms with E-state index < -0.39 is 0 Å². The maximum absolute atomic E-state index is 5.35. The number of thiophene rings is 1. The van der Waals surface area contributed by atoms with Crippen LogP contribution in [-0.2, 0) is 0 Å². The first kappa shape index (κ1) is 32.7. The lowest BCUT2D eigenvalue weighted by molar-refractivity contribution is 0.954. The van der Waals surface area contributed by atoms with Crippen molar-refractivity contribution in [2.24, 2.45) is 0 Å². The monoisotopic (exact) mass is 756 g/mol. The Morgan fingerprint density at radius 3 is 1.66 bits per heavy atom. The summed E-state index contributed by atoms with van der Waals surface area (Å²) in [5, 5.41) is 9.64. The van der Waals surface area contributed by atoms with Gasteiger partial charge in [0.1, 0.15) is 0 Å². The average Bonchev–Trinajstić information content (AvgIpc) is 3.83. The molecular weight excluding hydrogens is 725 g/mol. The average molecular weight is 757 g/mol. The van der Waals surface area contributed by atoms with E-state index in [0.29, 0.717) is 17.6 Å². The number of hydrogen-bond acceptors (Lipinski definition) is 4. The molecule has 12 aromatic rings. The fourth-order valence-corrected chi connectivity index (χ4v) is 9.77. The predicted octanol–water partition coefficient (Wildman–Crippen LogP) is 14.3. The highest BCUT2D eigenvalue weighted by Gasteiger charge is 2.20. The van der Waals surface area contributed by atoms with Crippen molar-refractivity contribution >= 4 is 74.9 Å². The SMILES string of the molecule is c1cc(-c2ccc(-c3ccc4ccccc4c3)cc2)cc(-c2nc(-c3cccc4sc5cc6ccccc6cc5c34)nc(-n3c4ccccc4c4ccccc43)n2)c1. The zero-order valence-electron chi connectivity index (χ0n) is 31.2. The second kappa shape index (κ2) is 13.1. The van der Waals surface area contributed by atoms with Gasteiger partial charge in [0, 0.05) is 42.1 Å². The molecule has 0 fully saturated rings. The summed E-state index contributed by atoms with van der Waals surface area (Å²) in [7, 11) is 0. The molecule has 0 aliphatic rings. The molecular formula is C53H32N4S. The Labute approximate surface area is 338 Å². The summed E-state index contributed by atoms with van der Waals surface area (Å²) in [5.74, 6) is 1.86. The molecule has 0 unspecified atom stereocenters. The van der Waals surface area contributed by atoms with Gasteiger partial charge < -0.3 is 0 Å². The third kappa shape index (κ3) is 5.32. The Morgan fingerprint density at radius 1 is 0.345 bits per heavy atom. The highest BCUT2D eigenvalue weighted by molar-refractivity contribution is 7.26. The van der Waals surface area contributed by atoms with Crippen molar-refractivity contribution in [1.29, 1.82) is 0 Å². The molecule has 3 aromatic heterocycles. The van der Waals surface area contributed by atoms with Crippen LogP contribution in [0.1, 0.15) is 0 Å². The second-order valence-electron chi connectivity index (χ2n) is 14.8. The summed E-state index contributed by atoms with van der Waals surface area (Å²) in [6, 6.07) is 69.3. The molecule has 270 valence electrons. The molecule has 0 aliphatic heterocycles. The number of rotatable bonds is 5. The van der Waals surface area contributed by atoms with E-state index >= 15 is 0 Å². The first-order valence-corrected chi connectivity index (χ1v) is 20.3. The first-order chi connectivity index (χ1) is 28.7. The molecule has 0 aliphatic carbocycles. The van der Waals surface area contributed by atoms with Gasteiger partial charge in [-0.25, -0.2) is 4.98 Å². The first-order valence-electron chi connectivity index (χ1n) is 19.5. The molecule has 0 spiro atoms. The fourth-order valence-electron chi connectivity index (χ4n) is 8.61. The summed E-state index contributed by atoms with van der Waals surface area (Å²) >= 11 is 1.81. The largest absolute Gasteiger partial charge is 0.278 e. The predicted molar refractivity (Wildman–Crippen MR) is 244 cm³/mol. The van der Waals surface area contributed by atoms with E-state index in [2.05, 4.69) is 199 Å². The highest BCUT2D eigenvalue weighted by atomic mass is 32.1. The standard InChI is InChI=1S/C53H32N4S/c1-2-12-36-29-40(28-27-33(36)11-1)35-25-23-34(24-26-35)37-15-9-16-41(30-37)51-54-52(56-53(55-51)57-46-20-7-5-17-42(46)43-18-6-8-21-47(43)57)44-19-10-22-48-50(44)45-31-38-13-3-4-14-39(38)32-49(45)58-48/h1-32H. The van der Waals surface area contributed by atoms with Crippen molar-refractivity contribution in [3.8, 4) is 51.0 Å². The lowest BCUT2D eigenvalue weighted by Crippen LogP contribution is -2.06. The Morgan fingerprint density at radius 2 is 0.914 bits per heavy atom. The van der Waals surface area contributed by atoms with E-state index in [-0.39, 0.29) is 0 Å². The normalized spacial score (nSPS) is 11.8. The molecule has 0 amide bonds. The number of aromatic nitrogens is 4. The lowest BCUT2D eigenvalue weighted by atomic mass is 9.97. The van der Waals surface area contributed by atoms with Crippen LogP contribution in [0.2, 0.25) is 0 Å². The molecule has 0 atom stereocenters.